The standard InChI is InChI=1S/C14H18O/c1-8(2)12-6-10(15)7-14-11(12)4-3-9-5-13(9)14/h6-9,13,15H,3-5H2,1-2H3. The molecule has 0 aromatic heterocycles. The van der Waals surface area contributed by atoms with Crippen molar-refractivity contribution < 1.29 is 5.11 Å². The number of hydrogen-bond donors (Lipinski definition) is 1. The van der Waals surface area contributed by atoms with Crippen molar-refractivity contribution in [3.63, 3.8) is 0 Å². The lowest BCUT2D eigenvalue weighted by Crippen LogP contribution is -2.06. The highest BCUT2D eigenvalue weighted by molar-refractivity contribution is 5.48. The molecule has 3 rings (SSSR count). The van der Waals surface area contributed by atoms with E-state index in [9.17, 15) is 5.11 Å². The van der Waals surface area contributed by atoms with Gasteiger partial charge in [-0.2, -0.15) is 0 Å². The predicted molar refractivity (Wildman–Crippen MR) is 61.4 cm³/mol. The topological polar surface area (TPSA) is 20.2 Å². The Morgan fingerprint density at radius 2 is 2.13 bits per heavy atom. The SMILES string of the molecule is CC(C)c1cc(O)cc2c1CCC1CC21. The second-order valence-corrected chi connectivity index (χ2v) is 5.40. The van der Waals surface area contributed by atoms with E-state index >= 15 is 0 Å². The summed E-state index contributed by atoms with van der Waals surface area (Å²) in [5.41, 5.74) is 4.37. The smallest absolute Gasteiger partial charge is 0.116 e. The van der Waals surface area contributed by atoms with Crippen LogP contribution in [0.15, 0.2) is 12.1 Å². The van der Waals surface area contributed by atoms with E-state index in [1.807, 2.05) is 12.1 Å². The van der Waals surface area contributed by atoms with Gasteiger partial charge in [0.25, 0.3) is 0 Å². The van der Waals surface area contributed by atoms with Gasteiger partial charge in [-0.15, -0.1) is 0 Å². The van der Waals surface area contributed by atoms with Crippen LogP contribution in [0.5, 0.6) is 5.75 Å². The molecular formula is C14H18O. The van der Waals surface area contributed by atoms with Crippen LogP contribution in [-0.4, -0.2) is 5.11 Å². The summed E-state index contributed by atoms with van der Waals surface area (Å²) in [7, 11) is 0. The fraction of sp³-hybridized carbons (Fsp3) is 0.571. The van der Waals surface area contributed by atoms with Gasteiger partial charge in [-0.25, -0.2) is 0 Å². The maximum absolute atomic E-state index is 9.75. The molecule has 1 nitrogen and oxygen atoms in total. The van der Waals surface area contributed by atoms with E-state index in [0.29, 0.717) is 11.7 Å². The molecule has 0 aliphatic heterocycles. The largest absolute Gasteiger partial charge is 0.508 e. The highest BCUT2D eigenvalue weighted by atomic mass is 16.3. The summed E-state index contributed by atoms with van der Waals surface area (Å²) < 4.78 is 0. The fourth-order valence-corrected chi connectivity index (χ4v) is 3.11. The van der Waals surface area contributed by atoms with Crippen LogP contribution in [0, 0.1) is 5.92 Å². The van der Waals surface area contributed by atoms with Gasteiger partial charge in [-0.3, -0.25) is 0 Å². The molecule has 0 saturated heterocycles. The Labute approximate surface area is 91.1 Å². The van der Waals surface area contributed by atoms with Crippen LogP contribution >= 0.6 is 0 Å². The lowest BCUT2D eigenvalue weighted by molar-refractivity contribution is 0.471. The Bertz CT molecular complexity index is 389. The van der Waals surface area contributed by atoms with Gasteiger partial charge in [0, 0.05) is 0 Å². The monoisotopic (exact) mass is 202 g/mol. The lowest BCUT2D eigenvalue weighted by atomic mass is 9.84. The van der Waals surface area contributed by atoms with Crippen LogP contribution < -0.4 is 0 Å². The number of phenols is 1. The Morgan fingerprint density at radius 3 is 2.87 bits per heavy atom. The average molecular weight is 202 g/mol. The molecule has 0 bridgehead atoms. The molecule has 2 aliphatic rings. The van der Waals surface area contributed by atoms with Crippen LogP contribution in [-0.2, 0) is 6.42 Å². The first-order valence-corrected chi connectivity index (χ1v) is 6.02. The van der Waals surface area contributed by atoms with Crippen molar-refractivity contribution in [1.29, 1.82) is 0 Å². The molecule has 0 heterocycles. The third-order valence-corrected chi connectivity index (χ3v) is 4.01. The zero-order valence-electron chi connectivity index (χ0n) is 9.46. The molecular weight excluding hydrogens is 184 g/mol. The molecule has 80 valence electrons. The zero-order valence-corrected chi connectivity index (χ0v) is 9.46. The van der Waals surface area contributed by atoms with E-state index in [0.717, 1.165) is 11.8 Å². The summed E-state index contributed by atoms with van der Waals surface area (Å²) in [6.07, 6.45) is 3.94. The van der Waals surface area contributed by atoms with E-state index in [1.54, 1.807) is 5.56 Å². The van der Waals surface area contributed by atoms with Gasteiger partial charge in [0.1, 0.15) is 5.75 Å². The van der Waals surface area contributed by atoms with Crippen LogP contribution in [0.2, 0.25) is 0 Å². The summed E-state index contributed by atoms with van der Waals surface area (Å²) in [5, 5.41) is 9.75. The molecule has 1 aromatic carbocycles. The van der Waals surface area contributed by atoms with Gasteiger partial charge in [-0.05, 0) is 65.8 Å². The van der Waals surface area contributed by atoms with Gasteiger partial charge in [0.15, 0.2) is 0 Å². The fourth-order valence-electron chi connectivity index (χ4n) is 3.11. The van der Waals surface area contributed by atoms with E-state index in [1.165, 1.54) is 30.4 Å². The molecule has 1 heteroatoms. The highest BCUT2D eigenvalue weighted by Crippen LogP contribution is 2.56. The van der Waals surface area contributed by atoms with Crippen molar-refractivity contribution in [3.8, 4) is 5.75 Å². The van der Waals surface area contributed by atoms with Gasteiger partial charge in [0.2, 0.25) is 0 Å². The van der Waals surface area contributed by atoms with Gasteiger partial charge in [0.05, 0.1) is 0 Å². The third kappa shape index (κ3) is 1.37. The maximum atomic E-state index is 9.75. The van der Waals surface area contributed by atoms with E-state index < -0.39 is 0 Å². The normalized spacial score (nSPS) is 27.4. The highest BCUT2D eigenvalue weighted by Gasteiger charge is 2.42. The average Bonchev–Trinajstić information content (AvgIpc) is 2.95. The van der Waals surface area contributed by atoms with Gasteiger partial charge < -0.3 is 5.11 Å². The number of fused-ring (bicyclic) bond motifs is 3. The van der Waals surface area contributed by atoms with Crippen molar-refractivity contribution in [2.75, 3.05) is 0 Å². The minimum absolute atomic E-state index is 0.463. The van der Waals surface area contributed by atoms with Crippen molar-refractivity contribution in [1.82, 2.24) is 0 Å². The predicted octanol–water partition coefficient (Wildman–Crippen LogP) is 3.57. The molecule has 15 heavy (non-hydrogen) atoms. The summed E-state index contributed by atoms with van der Waals surface area (Å²) in [6.45, 7) is 4.43. The van der Waals surface area contributed by atoms with Crippen LogP contribution in [0.4, 0.5) is 0 Å². The maximum Gasteiger partial charge on any atom is 0.116 e. The Morgan fingerprint density at radius 1 is 1.33 bits per heavy atom. The first-order valence-electron chi connectivity index (χ1n) is 6.02. The number of phenolic OH excluding ortho intramolecular Hbond substituents is 1. The van der Waals surface area contributed by atoms with Gasteiger partial charge in [-0.1, -0.05) is 13.8 Å². The van der Waals surface area contributed by atoms with Crippen LogP contribution in [0.1, 0.15) is 55.2 Å². The van der Waals surface area contributed by atoms with Crippen molar-refractivity contribution in [2.24, 2.45) is 5.92 Å². The first kappa shape index (κ1) is 9.26. The number of hydrogen-bond acceptors (Lipinski definition) is 1. The molecule has 0 spiro atoms. The molecule has 2 aliphatic carbocycles. The van der Waals surface area contributed by atoms with Crippen molar-refractivity contribution in [2.45, 2.75) is 44.9 Å². The Balaban J connectivity index is 2.15. The lowest BCUT2D eigenvalue weighted by Gasteiger charge is -2.21. The van der Waals surface area contributed by atoms with E-state index in [2.05, 4.69) is 13.8 Å². The minimum Gasteiger partial charge on any atom is -0.508 e. The van der Waals surface area contributed by atoms with Crippen LogP contribution in [0.25, 0.3) is 0 Å². The number of aromatic hydroxyl groups is 1. The zero-order chi connectivity index (χ0) is 10.6. The van der Waals surface area contributed by atoms with E-state index in [4.69, 9.17) is 0 Å². The first-order chi connectivity index (χ1) is 7.16. The molecule has 0 amide bonds. The second-order valence-electron chi connectivity index (χ2n) is 5.40. The molecule has 1 fully saturated rings. The molecule has 1 saturated carbocycles. The number of benzene rings is 1. The second kappa shape index (κ2) is 3.01. The van der Waals surface area contributed by atoms with Crippen LogP contribution in [0.3, 0.4) is 0 Å². The van der Waals surface area contributed by atoms with E-state index in [-0.39, 0.29) is 0 Å². The number of rotatable bonds is 1. The van der Waals surface area contributed by atoms with Crippen molar-refractivity contribution >= 4 is 0 Å². The molecule has 1 aromatic rings. The molecule has 1 N–H and O–H groups in total. The third-order valence-electron chi connectivity index (χ3n) is 4.01. The Hall–Kier alpha value is -0.980. The Kier molecular flexibility index (Phi) is 1.86. The minimum atomic E-state index is 0.463. The summed E-state index contributed by atoms with van der Waals surface area (Å²) in [4.78, 5) is 0. The summed E-state index contributed by atoms with van der Waals surface area (Å²) in [6, 6.07) is 3.97. The summed E-state index contributed by atoms with van der Waals surface area (Å²) in [5.74, 6) is 2.70. The summed E-state index contributed by atoms with van der Waals surface area (Å²) >= 11 is 0. The molecule has 2 atom stereocenters. The van der Waals surface area contributed by atoms with Crippen molar-refractivity contribution in [3.05, 3.63) is 28.8 Å². The molecule has 2 unspecified atom stereocenters. The molecule has 0 radical (unpaired) electrons. The quantitative estimate of drug-likeness (QED) is 0.738. The van der Waals surface area contributed by atoms with Gasteiger partial charge >= 0.3 is 0 Å².